The lowest BCUT2D eigenvalue weighted by atomic mass is 10.0. The molecule has 9 heteroatoms. The zero-order valence-corrected chi connectivity index (χ0v) is 43.5. The molecule has 0 heterocycles. The standard InChI is InChI=1S/C54H106NO7P/c1-6-8-10-12-14-16-18-20-22-24-25-26-27-28-29-30-31-32-33-35-37-39-41-43-45-47-54(56)62-53(52-61-63(57,58)60-50-48-55(3,4)5)51-59-49-46-44-42-40-38-36-34-23-21-19-17-15-13-11-9-7-2/h21,23-25,53H,6-20,22,26-52H2,1-5H3/p+1/b23-21-,25-24-. The Balaban J connectivity index is 4.06. The lowest BCUT2D eigenvalue weighted by Gasteiger charge is -2.24. The van der Waals surface area contributed by atoms with E-state index in [1.165, 1.54) is 205 Å². The number of unbranched alkanes of at least 4 members (excludes halogenated alkanes) is 33. The third-order valence-corrected chi connectivity index (χ3v) is 13.0. The summed E-state index contributed by atoms with van der Waals surface area (Å²) in [6, 6.07) is 0. The van der Waals surface area contributed by atoms with Crippen molar-refractivity contribution in [1.29, 1.82) is 0 Å². The fourth-order valence-electron chi connectivity index (χ4n) is 7.78. The third kappa shape index (κ3) is 51.8. The zero-order chi connectivity index (χ0) is 46.2. The molecule has 2 unspecified atom stereocenters. The van der Waals surface area contributed by atoms with Crippen LogP contribution >= 0.6 is 7.82 Å². The van der Waals surface area contributed by atoms with Crippen LogP contribution in [0.25, 0.3) is 0 Å². The fraction of sp³-hybridized carbons (Fsp3) is 0.907. The molecule has 0 aromatic carbocycles. The Labute approximate surface area is 392 Å². The van der Waals surface area contributed by atoms with Crippen LogP contribution in [-0.4, -0.2) is 75.6 Å². The van der Waals surface area contributed by atoms with Gasteiger partial charge in [-0.05, 0) is 64.2 Å². The van der Waals surface area contributed by atoms with Crippen molar-refractivity contribution in [2.45, 2.75) is 264 Å². The number of phosphoric acid groups is 1. The number of hydrogen-bond acceptors (Lipinski definition) is 6. The first-order valence-corrected chi connectivity index (χ1v) is 28.6. The number of quaternary nitrogens is 1. The van der Waals surface area contributed by atoms with Crippen molar-refractivity contribution in [3.05, 3.63) is 24.3 Å². The minimum atomic E-state index is -4.28. The van der Waals surface area contributed by atoms with Crippen molar-refractivity contribution in [3.8, 4) is 0 Å². The van der Waals surface area contributed by atoms with E-state index in [1.54, 1.807) is 0 Å². The average Bonchev–Trinajstić information content (AvgIpc) is 3.24. The molecule has 2 atom stereocenters. The predicted molar refractivity (Wildman–Crippen MR) is 270 cm³/mol. The topological polar surface area (TPSA) is 91.3 Å². The lowest BCUT2D eigenvalue weighted by Crippen LogP contribution is -2.37. The molecule has 0 amide bonds. The molecule has 0 radical (unpaired) electrons. The normalized spacial score (nSPS) is 13.7. The van der Waals surface area contributed by atoms with E-state index < -0.39 is 13.9 Å². The number of allylic oxidation sites excluding steroid dienone is 4. The molecule has 374 valence electrons. The summed E-state index contributed by atoms with van der Waals surface area (Å²) >= 11 is 0. The van der Waals surface area contributed by atoms with Crippen LogP contribution in [-0.2, 0) is 27.9 Å². The molecule has 0 saturated carbocycles. The summed E-state index contributed by atoms with van der Waals surface area (Å²) in [7, 11) is 1.67. The molecule has 0 rings (SSSR count). The summed E-state index contributed by atoms with van der Waals surface area (Å²) in [6.45, 7) is 5.65. The summed E-state index contributed by atoms with van der Waals surface area (Å²) in [4.78, 5) is 23.0. The van der Waals surface area contributed by atoms with Crippen LogP contribution in [0.1, 0.15) is 258 Å². The van der Waals surface area contributed by atoms with E-state index in [1.807, 2.05) is 21.1 Å². The molecule has 63 heavy (non-hydrogen) atoms. The van der Waals surface area contributed by atoms with Gasteiger partial charge in [-0.2, -0.15) is 0 Å². The second-order valence-electron chi connectivity index (χ2n) is 19.6. The first-order valence-electron chi connectivity index (χ1n) is 27.1. The van der Waals surface area contributed by atoms with Gasteiger partial charge in [-0.1, -0.05) is 212 Å². The van der Waals surface area contributed by atoms with Crippen LogP contribution in [0.2, 0.25) is 0 Å². The third-order valence-electron chi connectivity index (χ3n) is 12.0. The molecule has 0 aliphatic carbocycles. The van der Waals surface area contributed by atoms with Crippen LogP contribution in [0.4, 0.5) is 0 Å². The maximum absolute atomic E-state index is 12.8. The van der Waals surface area contributed by atoms with Crippen molar-refractivity contribution in [2.75, 3.05) is 54.1 Å². The summed E-state index contributed by atoms with van der Waals surface area (Å²) in [5.74, 6) is -0.311. The quantitative estimate of drug-likeness (QED) is 0.0214. The molecule has 0 bridgehead atoms. The molecule has 0 fully saturated rings. The van der Waals surface area contributed by atoms with Gasteiger partial charge in [0.2, 0.25) is 0 Å². The summed E-state index contributed by atoms with van der Waals surface area (Å²) in [5, 5.41) is 0. The number of likely N-dealkylation sites (N-methyl/N-ethyl adjacent to an activating group) is 1. The van der Waals surface area contributed by atoms with E-state index in [2.05, 4.69) is 38.2 Å². The molecule has 0 spiro atoms. The minimum absolute atomic E-state index is 0.0894. The zero-order valence-electron chi connectivity index (χ0n) is 42.6. The first kappa shape index (κ1) is 62.0. The Morgan fingerprint density at radius 1 is 0.476 bits per heavy atom. The van der Waals surface area contributed by atoms with Gasteiger partial charge in [0.15, 0.2) is 0 Å². The Morgan fingerprint density at radius 2 is 0.825 bits per heavy atom. The number of hydrogen-bond donors (Lipinski definition) is 1. The SMILES string of the molecule is CCCCCCCC/C=C\CCCCCCCCOCC(COP(=O)(O)OCC[N+](C)(C)C)OC(=O)CCCCCCCCCCCCCCC/C=C\CCCCCCCCCC. The molecule has 0 aliphatic rings. The van der Waals surface area contributed by atoms with Gasteiger partial charge in [0.1, 0.15) is 19.3 Å². The van der Waals surface area contributed by atoms with Gasteiger partial charge < -0.3 is 18.9 Å². The van der Waals surface area contributed by atoms with Crippen molar-refractivity contribution < 1.29 is 37.3 Å². The molecule has 1 N–H and O–H groups in total. The number of rotatable bonds is 51. The average molecular weight is 913 g/mol. The molecular formula is C54H107NO7P+. The highest BCUT2D eigenvalue weighted by atomic mass is 31.2. The number of carbonyl (C=O) groups is 1. The fourth-order valence-corrected chi connectivity index (χ4v) is 8.52. The van der Waals surface area contributed by atoms with Gasteiger partial charge >= 0.3 is 13.8 Å². The van der Waals surface area contributed by atoms with Crippen molar-refractivity contribution >= 4 is 13.8 Å². The molecular weight excluding hydrogens is 806 g/mol. The van der Waals surface area contributed by atoms with Gasteiger partial charge in [-0.25, -0.2) is 4.57 Å². The van der Waals surface area contributed by atoms with E-state index in [4.69, 9.17) is 18.5 Å². The number of esters is 1. The first-order chi connectivity index (χ1) is 30.6. The van der Waals surface area contributed by atoms with Gasteiger partial charge in [0.05, 0.1) is 34.4 Å². The summed E-state index contributed by atoms with van der Waals surface area (Å²) < 4.78 is 35.2. The number of nitrogens with zero attached hydrogens (tertiary/aromatic N) is 1. The predicted octanol–water partition coefficient (Wildman–Crippen LogP) is 16.7. The highest BCUT2D eigenvalue weighted by molar-refractivity contribution is 7.47. The Morgan fingerprint density at radius 3 is 1.21 bits per heavy atom. The van der Waals surface area contributed by atoms with Crippen LogP contribution in [0, 0.1) is 0 Å². The monoisotopic (exact) mass is 913 g/mol. The Hall–Kier alpha value is -1.02. The molecule has 0 saturated heterocycles. The molecule has 8 nitrogen and oxygen atoms in total. The summed E-state index contributed by atoms with van der Waals surface area (Å²) in [6.07, 6.45) is 56.6. The largest absolute Gasteiger partial charge is 0.472 e. The molecule has 0 aromatic rings. The van der Waals surface area contributed by atoms with Crippen LogP contribution in [0.15, 0.2) is 24.3 Å². The molecule has 0 aromatic heterocycles. The van der Waals surface area contributed by atoms with Gasteiger partial charge in [-0.15, -0.1) is 0 Å². The van der Waals surface area contributed by atoms with Gasteiger partial charge in [0, 0.05) is 13.0 Å². The van der Waals surface area contributed by atoms with Crippen molar-refractivity contribution in [2.24, 2.45) is 0 Å². The number of phosphoric ester groups is 1. The number of carbonyl (C=O) groups excluding carboxylic acids is 1. The van der Waals surface area contributed by atoms with Crippen LogP contribution in [0.5, 0.6) is 0 Å². The van der Waals surface area contributed by atoms with E-state index in [0.717, 1.165) is 32.1 Å². The van der Waals surface area contributed by atoms with E-state index in [-0.39, 0.29) is 25.8 Å². The van der Waals surface area contributed by atoms with Crippen molar-refractivity contribution in [3.63, 3.8) is 0 Å². The lowest BCUT2D eigenvalue weighted by molar-refractivity contribution is -0.870. The van der Waals surface area contributed by atoms with Gasteiger partial charge in [0.25, 0.3) is 0 Å². The van der Waals surface area contributed by atoms with E-state index >= 15 is 0 Å². The van der Waals surface area contributed by atoms with Gasteiger partial charge in [-0.3, -0.25) is 13.8 Å². The van der Waals surface area contributed by atoms with Crippen LogP contribution in [0.3, 0.4) is 0 Å². The highest BCUT2D eigenvalue weighted by Gasteiger charge is 2.26. The van der Waals surface area contributed by atoms with Crippen molar-refractivity contribution in [1.82, 2.24) is 0 Å². The summed E-state index contributed by atoms with van der Waals surface area (Å²) in [5.41, 5.74) is 0. The highest BCUT2D eigenvalue weighted by Crippen LogP contribution is 2.43. The minimum Gasteiger partial charge on any atom is -0.457 e. The second kappa shape index (κ2) is 47.5. The second-order valence-corrected chi connectivity index (χ2v) is 21.1. The maximum atomic E-state index is 12.8. The van der Waals surface area contributed by atoms with Crippen LogP contribution < -0.4 is 0 Å². The smallest absolute Gasteiger partial charge is 0.457 e. The maximum Gasteiger partial charge on any atom is 0.472 e. The van der Waals surface area contributed by atoms with E-state index in [0.29, 0.717) is 24.1 Å². The molecule has 0 aliphatic heterocycles. The Bertz CT molecular complexity index is 1060. The Kier molecular flexibility index (Phi) is 46.7. The number of ether oxygens (including phenoxy) is 2. The van der Waals surface area contributed by atoms with E-state index in [9.17, 15) is 14.3 Å².